The Hall–Kier alpha value is -1.89. The molecular formula is C19H22ClN3O2S. The van der Waals surface area contributed by atoms with Crippen LogP contribution in [0.1, 0.15) is 25.8 Å². The number of halogens is 1. The molecule has 2 N–H and O–H groups in total. The minimum Gasteiger partial charge on any atom is -0.329 e. The molecule has 7 heteroatoms. The van der Waals surface area contributed by atoms with E-state index in [-0.39, 0.29) is 11.4 Å². The van der Waals surface area contributed by atoms with E-state index in [1.807, 2.05) is 29.3 Å². The summed E-state index contributed by atoms with van der Waals surface area (Å²) >= 11 is 5.93. The number of sulfone groups is 1. The van der Waals surface area contributed by atoms with Crippen molar-refractivity contribution in [3.05, 3.63) is 59.1 Å². The Kier molecular flexibility index (Phi) is 5.10. The van der Waals surface area contributed by atoms with E-state index in [0.717, 1.165) is 29.9 Å². The average molecular weight is 392 g/mol. The third-order valence-corrected chi connectivity index (χ3v) is 7.41. The largest absolute Gasteiger partial charge is 0.329 e. The zero-order chi connectivity index (χ0) is 18.9. The second-order valence-corrected chi connectivity index (χ2v) is 9.91. The van der Waals surface area contributed by atoms with E-state index < -0.39 is 14.6 Å². The molecule has 0 atom stereocenters. The molecule has 2 aromatic rings. The summed E-state index contributed by atoms with van der Waals surface area (Å²) in [7, 11) is -3.48. The van der Waals surface area contributed by atoms with Crippen molar-refractivity contribution in [2.24, 2.45) is 10.8 Å². The topological polar surface area (TPSA) is 75.8 Å². The van der Waals surface area contributed by atoms with Crippen molar-refractivity contribution in [3.63, 3.8) is 0 Å². The lowest BCUT2D eigenvalue weighted by molar-refractivity contribution is 0.549. The normalized spacial score (nSPS) is 15.2. The molecule has 0 saturated heterocycles. The van der Waals surface area contributed by atoms with Gasteiger partial charge in [0, 0.05) is 24.5 Å². The van der Waals surface area contributed by atoms with Crippen molar-refractivity contribution in [1.29, 1.82) is 0 Å². The van der Waals surface area contributed by atoms with Gasteiger partial charge in [-0.2, -0.15) is 5.10 Å². The number of hydrogen-bond donors (Lipinski definition) is 1. The highest BCUT2D eigenvalue weighted by atomic mass is 35.5. The number of rotatable bonds is 5. The zero-order valence-electron chi connectivity index (χ0n) is 14.8. The lowest BCUT2D eigenvalue weighted by atomic mass is 10.1. The van der Waals surface area contributed by atoms with Gasteiger partial charge in [0.15, 0.2) is 9.84 Å². The van der Waals surface area contributed by atoms with Gasteiger partial charge in [0.2, 0.25) is 0 Å². The summed E-state index contributed by atoms with van der Waals surface area (Å²) in [5, 5.41) is 7.23. The molecule has 0 radical (unpaired) electrons. The first kappa shape index (κ1) is 18.9. The van der Waals surface area contributed by atoms with Crippen LogP contribution in [0.25, 0.3) is 0 Å². The molecule has 3 rings (SSSR count). The van der Waals surface area contributed by atoms with E-state index in [4.69, 9.17) is 17.3 Å². The highest BCUT2D eigenvalue weighted by molar-refractivity contribution is 7.92. The third-order valence-electron chi connectivity index (χ3n) is 4.64. The van der Waals surface area contributed by atoms with E-state index in [9.17, 15) is 8.42 Å². The van der Waals surface area contributed by atoms with Gasteiger partial charge in [-0.15, -0.1) is 0 Å². The van der Waals surface area contributed by atoms with Crippen LogP contribution in [0.2, 0.25) is 5.02 Å². The Balaban J connectivity index is 1.83. The molecular weight excluding hydrogens is 370 g/mol. The Morgan fingerprint density at radius 1 is 1.12 bits per heavy atom. The number of nitrogens with two attached hydrogens (primary N) is 1. The maximum absolute atomic E-state index is 12.7. The van der Waals surface area contributed by atoms with E-state index in [1.165, 1.54) is 0 Å². The highest BCUT2D eigenvalue weighted by Crippen LogP contribution is 2.28. The van der Waals surface area contributed by atoms with Crippen molar-refractivity contribution in [3.8, 4) is 0 Å². The predicted molar refractivity (Wildman–Crippen MR) is 107 cm³/mol. The average Bonchev–Trinajstić information content (AvgIpc) is 3.12. The summed E-state index contributed by atoms with van der Waals surface area (Å²) in [5.41, 5.74) is 8.52. The summed E-state index contributed by atoms with van der Waals surface area (Å²) in [6.07, 6.45) is 0.821. The smallest absolute Gasteiger partial charge is 0.184 e. The highest BCUT2D eigenvalue weighted by Gasteiger charge is 2.34. The molecule has 138 valence electrons. The molecule has 0 fully saturated rings. The molecule has 0 aromatic heterocycles. The standard InChI is InChI=1S/C19H22ClN3O2S/c1-19(2,13-21)26(24,25)17-9-7-16(8-10-17)23-12-11-18(22-23)14-3-5-15(20)6-4-14/h3-10H,11-13,21H2,1-2H3. The summed E-state index contributed by atoms with van der Waals surface area (Å²) in [6.45, 7) is 4.09. The van der Waals surface area contributed by atoms with Gasteiger partial charge in [-0.3, -0.25) is 5.01 Å². The minimum atomic E-state index is -3.48. The summed E-state index contributed by atoms with van der Waals surface area (Å²) in [5.74, 6) is 0. The monoisotopic (exact) mass is 391 g/mol. The van der Waals surface area contributed by atoms with Crippen LogP contribution in [0.3, 0.4) is 0 Å². The first-order valence-electron chi connectivity index (χ1n) is 8.40. The van der Waals surface area contributed by atoms with Crippen molar-refractivity contribution in [2.45, 2.75) is 29.9 Å². The van der Waals surface area contributed by atoms with Gasteiger partial charge in [-0.05, 0) is 55.8 Å². The molecule has 0 unspecified atom stereocenters. The molecule has 0 amide bonds. The molecule has 1 aliphatic rings. The van der Waals surface area contributed by atoms with Gasteiger partial charge >= 0.3 is 0 Å². The number of benzene rings is 2. The maximum atomic E-state index is 12.7. The summed E-state index contributed by atoms with van der Waals surface area (Å²) < 4.78 is 24.3. The van der Waals surface area contributed by atoms with Gasteiger partial charge in [0.1, 0.15) is 0 Å². The number of nitrogens with zero attached hydrogens (tertiary/aromatic N) is 2. The van der Waals surface area contributed by atoms with E-state index in [0.29, 0.717) is 5.02 Å². The van der Waals surface area contributed by atoms with Crippen LogP contribution in [0.5, 0.6) is 0 Å². The fraction of sp³-hybridized carbons (Fsp3) is 0.316. The van der Waals surface area contributed by atoms with Crippen LogP contribution in [-0.4, -0.2) is 32.0 Å². The molecule has 1 aliphatic heterocycles. The number of hydrogen-bond acceptors (Lipinski definition) is 5. The Morgan fingerprint density at radius 3 is 2.31 bits per heavy atom. The first-order valence-corrected chi connectivity index (χ1v) is 10.3. The second-order valence-electron chi connectivity index (χ2n) is 6.89. The SMILES string of the molecule is CC(C)(CN)S(=O)(=O)c1ccc(N2CCC(c3ccc(Cl)cc3)=N2)cc1. The van der Waals surface area contributed by atoms with Crippen LogP contribution < -0.4 is 10.7 Å². The summed E-state index contributed by atoms with van der Waals surface area (Å²) in [6, 6.07) is 14.4. The molecule has 26 heavy (non-hydrogen) atoms. The quantitative estimate of drug-likeness (QED) is 0.846. The molecule has 0 aliphatic carbocycles. The molecule has 1 heterocycles. The first-order chi connectivity index (χ1) is 12.2. The zero-order valence-corrected chi connectivity index (χ0v) is 16.4. The van der Waals surface area contributed by atoms with Crippen LogP contribution in [0.4, 0.5) is 5.69 Å². The molecule has 0 spiro atoms. The van der Waals surface area contributed by atoms with Gasteiger partial charge in [0.25, 0.3) is 0 Å². The van der Waals surface area contributed by atoms with Crippen LogP contribution in [0, 0.1) is 0 Å². The summed E-state index contributed by atoms with van der Waals surface area (Å²) in [4.78, 5) is 0.276. The lowest BCUT2D eigenvalue weighted by Gasteiger charge is -2.23. The Bertz CT molecular complexity index is 920. The van der Waals surface area contributed by atoms with Gasteiger partial charge in [-0.25, -0.2) is 8.42 Å². The van der Waals surface area contributed by atoms with Crippen LogP contribution in [0.15, 0.2) is 58.5 Å². The minimum absolute atomic E-state index is 0.0674. The third kappa shape index (κ3) is 3.49. The lowest BCUT2D eigenvalue weighted by Crippen LogP contribution is -2.39. The van der Waals surface area contributed by atoms with Crippen molar-refractivity contribution in [2.75, 3.05) is 18.1 Å². The van der Waals surface area contributed by atoms with Crippen molar-refractivity contribution < 1.29 is 8.42 Å². The van der Waals surface area contributed by atoms with Gasteiger partial charge < -0.3 is 5.73 Å². The number of anilines is 1. The molecule has 5 nitrogen and oxygen atoms in total. The predicted octanol–water partition coefficient (Wildman–Crippen LogP) is 3.47. The Morgan fingerprint density at radius 2 is 1.73 bits per heavy atom. The van der Waals surface area contributed by atoms with E-state index in [2.05, 4.69) is 5.10 Å². The van der Waals surface area contributed by atoms with Crippen LogP contribution in [-0.2, 0) is 9.84 Å². The fourth-order valence-corrected chi connectivity index (χ4v) is 4.19. The van der Waals surface area contributed by atoms with Gasteiger partial charge in [-0.1, -0.05) is 23.7 Å². The number of hydrazone groups is 1. The fourth-order valence-electron chi connectivity index (χ4n) is 2.71. The van der Waals surface area contributed by atoms with E-state index in [1.54, 1.807) is 38.1 Å². The molecule has 2 aromatic carbocycles. The maximum Gasteiger partial charge on any atom is 0.184 e. The second kappa shape index (κ2) is 7.02. The Labute approximate surface area is 159 Å². The molecule has 0 saturated carbocycles. The molecule has 0 bridgehead atoms. The van der Waals surface area contributed by atoms with E-state index >= 15 is 0 Å². The van der Waals surface area contributed by atoms with Crippen molar-refractivity contribution in [1.82, 2.24) is 0 Å². The van der Waals surface area contributed by atoms with Crippen LogP contribution >= 0.6 is 11.6 Å². The van der Waals surface area contributed by atoms with Gasteiger partial charge in [0.05, 0.1) is 21.0 Å². The van der Waals surface area contributed by atoms with Crippen molar-refractivity contribution >= 4 is 32.8 Å².